The second kappa shape index (κ2) is 4.75. The zero-order valence-corrected chi connectivity index (χ0v) is 10.3. The average Bonchev–Trinajstić information content (AvgIpc) is 3.03. The van der Waals surface area contributed by atoms with E-state index in [9.17, 15) is 9.59 Å². The number of hydrogen-bond donors (Lipinski definition) is 3. The van der Waals surface area contributed by atoms with Crippen molar-refractivity contribution in [3.63, 3.8) is 0 Å². The lowest BCUT2D eigenvalue weighted by Crippen LogP contribution is -2.44. The van der Waals surface area contributed by atoms with Crippen LogP contribution in [0.3, 0.4) is 0 Å². The van der Waals surface area contributed by atoms with Gasteiger partial charge >= 0.3 is 5.97 Å². The molecular formula is C11H16N4O3. The van der Waals surface area contributed by atoms with E-state index in [4.69, 9.17) is 5.11 Å². The van der Waals surface area contributed by atoms with Gasteiger partial charge in [-0.3, -0.25) is 9.89 Å². The number of aliphatic carboxylic acids is 1. The van der Waals surface area contributed by atoms with Gasteiger partial charge < -0.3 is 10.4 Å². The number of nitrogens with zero attached hydrogens (tertiary/aromatic N) is 2. The maximum absolute atomic E-state index is 11.8. The Morgan fingerprint density at radius 3 is 2.61 bits per heavy atom. The molecule has 0 bridgehead atoms. The maximum atomic E-state index is 11.8. The molecule has 0 aromatic carbocycles. The van der Waals surface area contributed by atoms with Crippen LogP contribution in [0.25, 0.3) is 0 Å². The summed E-state index contributed by atoms with van der Waals surface area (Å²) < 4.78 is 0. The van der Waals surface area contributed by atoms with E-state index in [0.29, 0.717) is 11.7 Å². The summed E-state index contributed by atoms with van der Waals surface area (Å²) in [5.41, 5.74) is 0. The van der Waals surface area contributed by atoms with Gasteiger partial charge in [0.15, 0.2) is 0 Å². The minimum absolute atomic E-state index is 0.00352. The second-order valence-electron chi connectivity index (χ2n) is 4.85. The third-order valence-corrected chi connectivity index (χ3v) is 2.89. The molecule has 98 valence electrons. The van der Waals surface area contributed by atoms with Crippen LogP contribution in [0.5, 0.6) is 0 Å². The molecule has 0 saturated heterocycles. The second-order valence-corrected chi connectivity index (χ2v) is 4.85. The zero-order valence-electron chi connectivity index (χ0n) is 10.3. The van der Waals surface area contributed by atoms with Crippen LogP contribution >= 0.6 is 0 Å². The fraction of sp³-hybridized carbons (Fsp3) is 0.636. The highest BCUT2D eigenvalue weighted by Crippen LogP contribution is 2.37. The average molecular weight is 252 g/mol. The van der Waals surface area contributed by atoms with Crippen LogP contribution in [-0.4, -0.2) is 38.2 Å². The first-order valence-electron chi connectivity index (χ1n) is 5.95. The van der Waals surface area contributed by atoms with Gasteiger partial charge in [-0.2, -0.15) is 0 Å². The van der Waals surface area contributed by atoms with Crippen LogP contribution in [0.2, 0.25) is 0 Å². The number of carboxylic acids is 1. The quantitative estimate of drug-likeness (QED) is 0.708. The number of aromatic amines is 1. The Bertz CT molecular complexity index is 465. The highest BCUT2D eigenvalue weighted by Gasteiger charge is 2.29. The Morgan fingerprint density at radius 1 is 1.44 bits per heavy atom. The fourth-order valence-electron chi connectivity index (χ4n) is 1.63. The summed E-state index contributed by atoms with van der Waals surface area (Å²) in [4.78, 5) is 26.8. The highest BCUT2D eigenvalue weighted by atomic mass is 16.4. The van der Waals surface area contributed by atoms with Crippen LogP contribution in [0.4, 0.5) is 0 Å². The molecule has 1 aliphatic carbocycles. The largest absolute Gasteiger partial charge is 0.480 e. The lowest BCUT2D eigenvalue weighted by Gasteiger charge is -2.16. The molecule has 3 N–H and O–H groups in total. The first-order chi connectivity index (χ1) is 8.49. The number of H-pyrrole nitrogens is 1. The van der Waals surface area contributed by atoms with Gasteiger partial charge in [0.05, 0.1) is 0 Å². The molecule has 1 heterocycles. The molecule has 18 heavy (non-hydrogen) atoms. The molecule has 2 rings (SSSR count). The molecule has 1 amide bonds. The number of carboxylic acid groups (broad SMARTS) is 1. The predicted molar refractivity (Wildman–Crippen MR) is 62.1 cm³/mol. The van der Waals surface area contributed by atoms with Crippen LogP contribution in [0, 0.1) is 5.92 Å². The summed E-state index contributed by atoms with van der Waals surface area (Å²) >= 11 is 0. The van der Waals surface area contributed by atoms with E-state index in [1.807, 2.05) is 0 Å². The van der Waals surface area contributed by atoms with Crippen molar-refractivity contribution in [3.05, 3.63) is 11.6 Å². The molecule has 7 heteroatoms. The van der Waals surface area contributed by atoms with Crippen LogP contribution in [0.1, 0.15) is 49.1 Å². The molecular weight excluding hydrogens is 236 g/mol. The Kier molecular flexibility index (Phi) is 3.31. The van der Waals surface area contributed by atoms with E-state index in [1.165, 1.54) is 0 Å². The predicted octanol–water partition coefficient (Wildman–Crippen LogP) is 0.521. The number of nitrogens with one attached hydrogen (secondary N) is 2. The Morgan fingerprint density at radius 2 is 2.11 bits per heavy atom. The minimum Gasteiger partial charge on any atom is -0.480 e. The van der Waals surface area contributed by atoms with Gasteiger partial charge in [-0.15, -0.1) is 5.10 Å². The van der Waals surface area contributed by atoms with Crippen molar-refractivity contribution in [3.8, 4) is 0 Å². The van der Waals surface area contributed by atoms with Crippen molar-refractivity contribution in [2.24, 2.45) is 5.92 Å². The molecule has 1 aliphatic rings. The lowest BCUT2D eigenvalue weighted by molar-refractivity contribution is -0.140. The standard InChI is InChI=1S/C11H16N4O3/c1-5(2)7(11(17)18)12-10(16)9-13-8(14-15-9)6-3-4-6/h5-7H,3-4H2,1-2H3,(H,12,16)(H,17,18)(H,13,14,15)/t7-/m1/s1. The molecule has 1 aromatic rings. The topological polar surface area (TPSA) is 108 Å². The molecule has 1 fully saturated rings. The van der Waals surface area contributed by atoms with Crippen LogP contribution < -0.4 is 5.32 Å². The molecule has 7 nitrogen and oxygen atoms in total. The van der Waals surface area contributed by atoms with Crippen molar-refractivity contribution < 1.29 is 14.7 Å². The van der Waals surface area contributed by atoms with Gasteiger partial charge in [0.2, 0.25) is 5.82 Å². The van der Waals surface area contributed by atoms with Crippen molar-refractivity contribution in [1.29, 1.82) is 0 Å². The van der Waals surface area contributed by atoms with E-state index in [2.05, 4.69) is 20.5 Å². The van der Waals surface area contributed by atoms with Crippen molar-refractivity contribution >= 4 is 11.9 Å². The number of hydrogen-bond acceptors (Lipinski definition) is 4. The number of rotatable bonds is 5. The fourth-order valence-corrected chi connectivity index (χ4v) is 1.63. The molecule has 0 radical (unpaired) electrons. The number of amides is 1. The molecule has 0 aliphatic heterocycles. The monoisotopic (exact) mass is 252 g/mol. The Balaban J connectivity index is 2.03. The molecule has 1 atom stereocenters. The smallest absolute Gasteiger partial charge is 0.326 e. The third kappa shape index (κ3) is 2.66. The molecule has 0 spiro atoms. The summed E-state index contributed by atoms with van der Waals surface area (Å²) in [5.74, 6) is -0.733. The molecule has 1 aromatic heterocycles. The summed E-state index contributed by atoms with van der Waals surface area (Å²) in [5, 5.41) is 17.9. The minimum atomic E-state index is -1.06. The van der Waals surface area contributed by atoms with Gasteiger partial charge in [-0.25, -0.2) is 9.78 Å². The van der Waals surface area contributed by atoms with Crippen molar-refractivity contribution in [1.82, 2.24) is 20.5 Å². The summed E-state index contributed by atoms with van der Waals surface area (Å²) in [6, 6.07) is -0.930. The van der Waals surface area contributed by atoms with E-state index in [-0.39, 0.29) is 11.7 Å². The SMILES string of the molecule is CC(C)[C@@H](NC(=O)c1n[nH]c(C2CC2)n1)C(=O)O. The van der Waals surface area contributed by atoms with Crippen LogP contribution in [0.15, 0.2) is 0 Å². The van der Waals surface area contributed by atoms with Crippen molar-refractivity contribution in [2.75, 3.05) is 0 Å². The zero-order chi connectivity index (χ0) is 13.3. The van der Waals surface area contributed by atoms with Crippen LogP contribution in [-0.2, 0) is 4.79 Å². The van der Waals surface area contributed by atoms with E-state index in [1.54, 1.807) is 13.8 Å². The highest BCUT2D eigenvalue weighted by molar-refractivity contribution is 5.93. The van der Waals surface area contributed by atoms with Gasteiger partial charge in [0.1, 0.15) is 11.9 Å². The van der Waals surface area contributed by atoms with Gasteiger partial charge in [0, 0.05) is 5.92 Å². The van der Waals surface area contributed by atoms with Gasteiger partial charge in [0.25, 0.3) is 5.91 Å². The van der Waals surface area contributed by atoms with Gasteiger partial charge in [-0.1, -0.05) is 13.8 Å². The van der Waals surface area contributed by atoms with Gasteiger partial charge in [-0.05, 0) is 18.8 Å². The first kappa shape index (κ1) is 12.5. The lowest BCUT2D eigenvalue weighted by atomic mass is 10.1. The Labute approximate surface area is 104 Å². The summed E-state index contributed by atoms with van der Waals surface area (Å²) in [6.45, 7) is 3.46. The first-order valence-corrected chi connectivity index (χ1v) is 5.95. The summed E-state index contributed by atoms with van der Waals surface area (Å²) in [7, 11) is 0. The molecule has 0 unspecified atom stereocenters. The normalized spacial score (nSPS) is 16.6. The van der Waals surface area contributed by atoms with Crippen molar-refractivity contribution in [2.45, 2.75) is 38.6 Å². The van der Waals surface area contributed by atoms with E-state index >= 15 is 0 Å². The Hall–Kier alpha value is -1.92. The van der Waals surface area contributed by atoms with E-state index in [0.717, 1.165) is 12.8 Å². The number of carbonyl (C=O) groups excluding carboxylic acids is 1. The number of aromatic nitrogens is 3. The summed E-state index contributed by atoms with van der Waals surface area (Å²) in [6.07, 6.45) is 2.11. The number of carbonyl (C=O) groups is 2. The van der Waals surface area contributed by atoms with E-state index < -0.39 is 17.9 Å². The maximum Gasteiger partial charge on any atom is 0.326 e. The third-order valence-electron chi connectivity index (χ3n) is 2.89. The molecule has 1 saturated carbocycles.